The molecule has 0 aliphatic carbocycles. The molecular formula is C8H13ClN2O. The highest BCUT2D eigenvalue weighted by Crippen LogP contribution is 2.00. The van der Waals surface area contributed by atoms with E-state index in [1.165, 1.54) is 11.6 Å². The van der Waals surface area contributed by atoms with Crippen LogP contribution in [0.1, 0.15) is 0 Å². The second-order valence-electron chi connectivity index (χ2n) is 2.92. The Morgan fingerprint density at radius 1 is 1.33 bits per heavy atom. The van der Waals surface area contributed by atoms with Crippen LogP contribution in [0.25, 0.3) is 0 Å². The van der Waals surface area contributed by atoms with Crippen LogP contribution >= 0.6 is 11.6 Å². The van der Waals surface area contributed by atoms with Crippen LogP contribution in [0.2, 0.25) is 0 Å². The molecule has 1 amide bonds. The number of nitrogens with zero attached hydrogens (tertiary/aromatic N) is 2. The van der Waals surface area contributed by atoms with Crippen LogP contribution in [0, 0.1) is 0 Å². The minimum atomic E-state index is 0.0121. The van der Waals surface area contributed by atoms with Gasteiger partial charge in [-0.15, -0.1) is 0 Å². The summed E-state index contributed by atoms with van der Waals surface area (Å²) in [7, 11) is 2.05. The number of carbonyl (C=O) groups excluding carboxylic acids is 1. The number of hydrogen-bond acceptors (Lipinski definition) is 2. The largest absolute Gasteiger partial charge is 0.337 e. The van der Waals surface area contributed by atoms with E-state index in [4.69, 9.17) is 11.6 Å². The zero-order chi connectivity index (χ0) is 8.97. The normalized spacial score (nSPS) is 20.3. The zero-order valence-corrected chi connectivity index (χ0v) is 7.92. The van der Waals surface area contributed by atoms with Crippen LogP contribution in [0.5, 0.6) is 0 Å². The molecule has 1 aliphatic rings. The summed E-state index contributed by atoms with van der Waals surface area (Å²) in [4.78, 5) is 15.2. The van der Waals surface area contributed by atoms with Gasteiger partial charge in [-0.25, -0.2) is 0 Å². The summed E-state index contributed by atoms with van der Waals surface area (Å²) in [6.07, 6.45) is 1.40. The third-order valence-electron chi connectivity index (χ3n) is 2.02. The lowest BCUT2D eigenvalue weighted by Crippen LogP contribution is -2.46. The smallest absolute Gasteiger partial charge is 0.247 e. The molecule has 0 N–H and O–H groups in total. The van der Waals surface area contributed by atoms with Gasteiger partial charge in [-0.3, -0.25) is 4.79 Å². The van der Waals surface area contributed by atoms with E-state index in [1.54, 1.807) is 4.90 Å². The Balaban J connectivity index is 2.39. The van der Waals surface area contributed by atoms with Crippen molar-refractivity contribution < 1.29 is 4.79 Å². The second kappa shape index (κ2) is 4.48. The maximum Gasteiger partial charge on any atom is 0.247 e. The number of halogens is 1. The molecule has 3 nitrogen and oxygen atoms in total. The average molecular weight is 189 g/mol. The molecule has 0 radical (unpaired) electrons. The van der Waals surface area contributed by atoms with Crippen molar-refractivity contribution >= 4 is 17.5 Å². The fraction of sp³-hybridized carbons (Fsp3) is 0.625. The highest BCUT2D eigenvalue weighted by Gasteiger charge is 2.16. The third-order valence-corrected chi connectivity index (χ3v) is 2.15. The first kappa shape index (κ1) is 9.55. The van der Waals surface area contributed by atoms with Crippen molar-refractivity contribution in [3.05, 3.63) is 11.6 Å². The van der Waals surface area contributed by atoms with Gasteiger partial charge in [0.05, 0.1) is 0 Å². The first-order chi connectivity index (χ1) is 5.74. The van der Waals surface area contributed by atoms with Crippen LogP contribution in [-0.2, 0) is 4.79 Å². The van der Waals surface area contributed by atoms with Gasteiger partial charge < -0.3 is 9.80 Å². The Labute approximate surface area is 77.6 Å². The van der Waals surface area contributed by atoms with Crippen molar-refractivity contribution in [2.45, 2.75) is 0 Å². The van der Waals surface area contributed by atoms with Crippen molar-refractivity contribution in [2.75, 3.05) is 33.2 Å². The highest BCUT2D eigenvalue weighted by molar-refractivity contribution is 6.26. The first-order valence-electron chi connectivity index (χ1n) is 3.98. The predicted octanol–water partition coefficient (Wildman–Crippen LogP) is 0.513. The summed E-state index contributed by atoms with van der Waals surface area (Å²) in [5.41, 5.74) is 1.26. The molecule has 0 bridgehead atoms. The standard InChI is InChI=1S/C8H13ClN2O/c1-10-4-6-11(7-5-10)8(12)2-3-9/h2-3H,4-7H2,1H3/b3-2-. The number of likely N-dealkylation sites (N-methyl/N-ethyl adjacent to an activating group) is 1. The van der Waals surface area contributed by atoms with E-state index >= 15 is 0 Å². The molecule has 1 heterocycles. The molecule has 68 valence electrons. The minimum Gasteiger partial charge on any atom is -0.337 e. The number of carbonyl (C=O) groups is 1. The molecular weight excluding hydrogens is 176 g/mol. The fourth-order valence-corrected chi connectivity index (χ4v) is 1.29. The topological polar surface area (TPSA) is 23.6 Å². The lowest BCUT2D eigenvalue weighted by atomic mass is 10.3. The predicted molar refractivity (Wildman–Crippen MR) is 49.1 cm³/mol. The van der Waals surface area contributed by atoms with Crippen molar-refractivity contribution in [2.24, 2.45) is 0 Å². The Morgan fingerprint density at radius 2 is 1.92 bits per heavy atom. The molecule has 1 rings (SSSR count). The van der Waals surface area contributed by atoms with Gasteiger partial charge in [0.25, 0.3) is 0 Å². The molecule has 0 saturated carbocycles. The number of piperazine rings is 1. The van der Waals surface area contributed by atoms with Crippen molar-refractivity contribution in [3.63, 3.8) is 0 Å². The molecule has 1 aliphatic heterocycles. The Kier molecular flexibility index (Phi) is 3.56. The fourth-order valence-electron chi connectivity index (χ4n) is 1.19. The van der Waals surface area contributed by atoms with E-state index in [0.29, 0.717) is 0 Å². The molecule has 0 aromatic heterocycles. The van der Waals surface area contributed by atoms with Crippen LogP contribution in [0.15, 0.2) is 11.6 Å². The second-order valence-corrected chi connectivity index (χ2v) is 3.17. The maximum atomic E-state index is 11.2. The molecule has 4 heteroatoms. The molecule has 0 unspecified atom stereocenters. The van der Waals surface area contributed by atoms with E-state index < -0.39 is 0 Å². The van der Waals surface area contributed by atoms with Gasteiger partial charge in [0.15, 0.2) is 0 Å². The summed E-state index contributed by atoms with van der Waals surface area (Å²) in [5, 5.41) is 0. The maximum absolute atomic E-state index is 11.2. The lowest BCUT2D eigenvalue weighted by Gasteiger charge is -2.31. The van der Waals surface area contributed by atoms with Crippen LogP contribution < -0.4 is 0 Å². The SMILES string of the molecule is CN1CCN(C(=O)/C=C\Cl)CC1. The van der Waals surface area contributed by atoms with Crippen molar-refractivity contribution in [3.8, 4) is 0 Å². The van der Waals surface area contributed by atoms with Gasteiger partial charge in [0.2, 0.25) is 5.91 Å². The molecule has 0 spiro atoms. The average Bonchev–Trinajstić information content (AvgIpc) is 2.06. The Hall–Kier alpha value is -0.540. The molecule has 12 heavy (non-hydrogen) atoms. The first-order valence-corrected chi connectivity index (χ1v) is 4.42. The monoisotopic (exact) mass is 188 g/mol. The summed E-state index contributed by atoms with van der Waals surface area (Å²) in [6.45, 7) is 3.50. The molecule has 0 atom stereocenters. The van der Waals surface area contributed by atoms with Gasteiger partial charge in [-0.05, 0) is 7.05 Å². The lowest BCUT2D eigenvalue weighted by molar-refractivity contribution is -0.127. The summed E-state index contributed by atoms with van der Waals surface area (Å²) >= 11 is 5.31. The number of hydrogen-bond donors (Lipinski definition) is 0. The van der Waals surface area contributed by atoms with E-state index in [-0.39, 0.29) is 5.91 Å². The Bertz CT molecular complexity index is 185. The van der Waals surface area contributed by atoms with E-state index in [9.17, 15) is 4.79 Å². The summed E-state index contributed by atoms with van der Waals surface area (Å²) in [5.74, 6) is 0.0121. The van der Waals surface area contributed by atoms with E-state index in [2.05, 4.69) is 11.9 Å². The van der Waals surface area contributed by atoms with Gasteiger partial charge in [-0.1, -0.05) is 11.6 Å². The van der Waals surface area contributed by atoms with E-state index in [1.807, 2.05) is 0 Å². The van der Waals surface area contributed by atoms with Crippen LogP contribution in [0.3, 0.4) is 0 Å². The van der Waals surface area contributed by atoms with E-state index in [0.717, 1.165) is 26.2 Å². The van der Waals surface area contributed by atoms with Gasteiger partial charge in [-0.2, -0.15) is 0 Å². The van der Waals surface area contributed by atoms with Crippen LogP contribution in [0.4, 0.5) is 0 Å². The minimum absolute atomic E-state index is 0.0121. The Morgan fingerprint density at radius 3 is 2.42 bits per heavy atom. The molecule has 1 fully saturated rings. The molecule has 1 saturated heterocycles. The number of amides is 1. The van der Waals surface area contributed by atoms with Crippen molar-refractivity contribution in [1.82, 2.24) is 9.80 Å². The number of rotatable bonds is 1. The third kappa shape index (κ3) is 2.50. The quantitative estimate of drug-likeness (QED) is 0.560. The van der Waals surface area contributed by atoms with Gasteiger partial charge >= 0.3 is 0 Å². The molecule has 0 aromatic carbocycles. The van der Waals surface area contributed by atoms with Gasteiger partial charge in [0.1, 0.15) is 0 Å². The summed E-state index contributed by atoms with van der Waals surface area (Å²) < 4.78 is 0. The van der Waals surface area contributed by atoms with Gasteiger partial charge in [0, 0.05) is 37.8 Å². The summed E-state index contributed by atoms with van der Waals surface area (Å²) in [6, 6.07) is 0. The van der Waals surface area contributed by atoms with Crippen molar-refractivity contribution in [1.29, 1.82) is 0 Å². The highest BCUT2D eigenvalue weighted by atomic mass is 35.5. The molecule has 0 aromatic rings. The zero-order valence-electron chi connectivity index (χ0n) is 7.16. The van der Waals surface area contributed by atoms with Crippen LogP contribution in [-0.4, -0.2) is 48.9 Å².